The van der Waals surface area contributed by atoms with Crippen molar-refractivity contribution in [2.75, 3.05) is 37.4 Å². The first kappa shape index (κ1) is 13.7. The van der Waals surface area contributed by atoms with Crippen LogP contribution in [0.5, 0.6) is 0 Å². The number of likely N-dealkylation sites (tertiary alicyclic amines) is 1. The second kappa shape index (κ2) is 5.65. The minimum absolute atomic E-state index is 0.611. The van der Waals surface area contributed by atoms with Gasteiger partial charge in [0.25, 0.3) is 0 Å². The molecule has 20 heavy (non-hydrogen) atoms. The van der Waals surface area contributed by atoms with Crippen LogP contribution >= 0.6 is 0 Å². The Labute approximate surface area is 123 Å². The molecule has 1 aromatic carbocycles. The molecule has 0 aliphatic carbocycles. The van der Waals surface area contributed by atoms with E-state index in [0.29, 0.717) is 12.1 Å². The van der Waals surface area contributed by atoms with Gasteiger partial charge in [-0.25, -0.2) is 0 Å². The molecule has 0 radical (unpaired) electrons. The van der Waals surface area contributed by atoms with Crippen molar-refractivity contribution >= 4 is 11.4 Å². The van der Waals surface area contributed by atoms with Crippen LogP contribution in [0.15, 0.2) is 18.2 Å². The van der Waals surface area contributed by atoms with E-state index in [2.05, 4.69) is 54.3 Å². The minimum atomic E-state index is 0.611. The summed E-state index contributed by atoms with van der Waals surface area (Å²) >= 11 is 0. The molecule has 3 heteroatoms. The molecule has 0 spiro atoms. The van der Waals surface area contributed by atoms with E-state index in [1.807, 2.05) is 0 Å². The summed E-state index contributed by atoms with van der Waals surface area (Å²) in [4.78, 5) is 4.92. The van der Waals surface area contributed by atoms with Crippen LogP contribution in [0.3, 0.4) is 0 Å². The molecule has 2 heterocycles. The maximum Gasteiger partial charge on any atom is 0.0376 e. The van der Waals surface area contributed by atoms with Crippen LogP contribution in [-0.4, -0.2) is 44.2 Å². The third-order valence-corrected chi connectivity index (χ3v) is 4.98. The molecule has 0 aromatic heterocycles. The summed E-state index contributed by atoms with van der Waals surface area (Å²) in [5, 5.41) is 3.59. The Kier molecular flexibility index (Phi) is 3.88. The summed E-state index contributed by atoms with van der Waals surface area (Å²) in [7, 11) is 4.48. The average molecular weight is 273 g/mol. The fourth-order valence-electron chi connectivity index (χ4n) is 3.45. The molecule has 3 nitrogen and oxygen atoms in total. The highest BCUT2D eigenvalue weighted by atomic mass is 15.2. The predicted molar refractivity (Wildman–Crippen MR) is 86.8 cm³/mol. The lowest BCUT2D eigenvalue weighted by Crippen LogP contribution is -2.42. The molecule has 0 amide bonds. The lowest BCUT2D eigenvalue weighted by Gasteiger charge is -2.37. The Morgan fingerprint density at radius 1 is 1.20 bits per heavy atom. The first-order valence-corrected chi connectivity index (χ1v) is 7.94. The Bertz CT molecular complexity index is 463. The van der Waals surface area contributed by atoms with Gasteiger partial charge < -0.3 is 15.1 Å². The zero-order valence-corrected chi connectivity index (χ0v) is 13.0. The number of benzene rings is 1. The lowest BCUT2D eigenvalue weighted by molar-refractivity contribution is 0.253. The number of hydrogen-bond acceptors (Lipinski definition) is 3. The highest BCUT2D eigenvalue weighted by molar-refractivity contribution is 5.62. The van der Waals surface area contributed by atoms with E-state index in [0.717, 1.165) is 0 Å². The smallest absolute Gasteiger partial charge is 0.0376 e. The SMILES string of the molecule is CC1CCc2cc(N(C)C3CCN(C)CC3)ccc2N1. The number of aryl methyl sites for hydroxylation is 1. The van der Waals surface area contributed by atoms with Crippen LogP contribution in [0.1, 0.15) is 31.7 Å². The first-order valence-electron chi connectivity index (χ1n) is 7.94. The number of nitrogens with one attached hydrogen (secondary N) is 1. The van der Waals surface area contributed by atoms with Crippen molar-refractivity contribution in [2.45, 2.75) is 44.7 Å². The van der Waals surface area contributed by atoms with E-state index in [-0.39, 0.29) is 0 Å². The van der Waals surface area contributed by atoms with Gasteiger partial charge in [0.1, 0.15) is 0 Å². The highest BCUT2D eigenvalue weighted by Crippen LogP contribution is 2.30. The maximum atomic E-state index is 3.59. The summed E-state index contributed by atoms with van der Waals surface area (Å²) in [6, 6.07) is 8.25. The van der Waals surface area contributed by atoms with Crippen LogP contribution in [-0.2, 0) is 6.42 Å². The van der Waals surface area contributed by atoms with E-state index in [1.54, 1.807) is 0 Å². The molecule has 2 aliphatic rings. The molecular formula is C17H27N3. The summed E-state index contributed by atoms with van der Waals surface area (Å²) in [6.45, 7) is 4.71. The van der Waals surface area contributed by atoms with Crippen LogP contribution in [0.25, 0.3) is 0 Å². The van der Waals surface area contributed by atoms with Crippen LogP contribution < -0.4 is 10.2 Å². The van der Waals surface area contributed by atoms with E-state index in [4.69, 9.17) is 0 Å². The Balaban J connectivity index is 1.74. The first-order chi connectivity index (χ1) is 9.63. The normalized spacial score (nSPS) is 24.1. The van der Waals surface area contributed by atoms with E-state index in [1.165, 1.54) is 55.7 Å². The summed E-state index contributed by atoms with van der Waals surface area (Å²) < 4.78 is 0. The number of nitrogens with zero attached hydrogens (tertiary/aromatic N) is 2. The van der Waals surface area contributed by atoms with Gasteiger partial charge >= 0.3 is 0 Å². The minimum Gasteiger partial charge on any atom is -0.382 e. The third-order valence-electron chi connectivity index (χ3n) is 4.98. The zero-order chi connectivity index (χ0) is 14.1. The van der Waals surface area contributed by atoms with Gasteiger partial charge in [0, 0.05) is 30.5 Å². The second-order valence-corrected chi connectivity index (χ2v) is 6.57. The molecule has 1 saturated heterocycles. The van der Waals surface area contributed by atoms with Gasteiger partial charge in [-0.15, -0.1) is 0 Å². The molecule has 1 unspecified atom stereocenters. The molecule has 0 saturated carbocycles. The van der Waals surface area contributed by atoms with Gasteiger partial charge in [-0.3, -0.25) is 0 Å². The topological polar surface area (TPSA) is 18.5 Å². The Morgan fingerprint density at radius 2 is 1.95 bits per heavy atom. The van der Waals surface area contributed by atoms with Gasteiger partial charge in [-0.05, 0) is 76.5 Å². The number of piperidine rings is 1. The highest BCUT2D eigenvalue weighted by Gasteiger charge is 2.22. The van der Waals surface area contributed by atoms with Crippen molar-refractivity contribution < 1.29 is 0 Å². The Morgan fingerprint density at radius 3 is 2.70 bits per heavy atom. The standard InChI is InChI=1S/C17H27N3/c1-13-4-5-14-12-16(6-7-17(14)18-13)20(3)15-8-10-19(2)11-9-15/h6-7,12-13,15,18H,4-5,8-11H2,1-3H3. The Hall–Kier alpha value is -1.22. The van der Waals surface area contributed by atoms with Gasteiger partial charge in [-0.1, -0.05) is 0 Å². The molecule has 1 aromatic rings. The van der Waals surface area contributed by atoms with Crippen LogP contribution in [0.2, 0.25) is 0 Å². The largest absolute Gasteiger partial charge is 0.382 e. The van der Waals surface area contributed by atoms with Crippen molar-refractivity contribution in [3.63, 3.8) is 0 Å². The summed E-state index contributed by atoms with van der Waals surface area (Å²) in [5.74, 6) is 0. The average Bonchev–Trinajstić information content (AvgIpc) is 2.47. The van der Waals surface area contributed by atoms with E-state index in [9.17, 15) is 0 Å². The van der Waals surface area contributed by atoms with Crippen molar-refractivity contribution in [1.82, 2.24) is 4.90 Å². The molecule has 2 aliphatic heterocycles. The molecular weight excluding hydrogens is 246 g/mol. The second-order valence-electron chi connectivity index (χ2n) is 6.57. The number of rotatable bonds is 2. The van der Waals surface area contributed by atoms with Crippen LogP contribution in [0, 0.1) is 0 Å². The molecule has 110 valence electrons. The van der Waals surface area contributed by atoms with E-state index >= 15 is 0 Å². The molecule has 1 fully saturated rings. The lowest BCUT2D eigenvalue weighted by atomic mass is 9.97. The number of anilines is 2. The van der Waals surface area contributed by atoms with Crippen molar-refractivity contribution in [3.8, 4) is 0 Å². The zero-order valence-electron chi connectivity index (χ0n) is 13.0. The fourth-order valence-corrected chi connectivity index (χ4v) is 3.45. The third kappa shape index (κ3) is 2.78. The maximum absolute atomic E-state index is 3.59. The van der Waals surface area contributed by atoms with Crippen molar-refractivity contribution in [3.05, 3.63) is 23.8 Å². The monoisotopic (exact) mass is 273 g/mol. The van der Waals surface area contributed by atoms with E-state index < -0.39 is 0 Å². The van der Waals surface area contributed by atoms with Gasteiger partial charge in [0.2, 0.25) is 0 Å². The molecule has 3 rings (SSSR count). The summed E-state index contributed by atoms with van der Waals surface area (Å²) in [5.41, 5.74) is 4.21. The van der Waals surface area contributed by atoms with Gasteiger partial charge in [-0.2, -0.15) is 0 Å². The predicted octanol–water partition coefficient (Wildman–Crippen LogP) is 2.96. The molecule has 1 atom stereocenters. The molecule has 1 N–H and O–H groups in total. The van der Waals surface area contributed by atoms with Crippen molar-refractivity contribution in [2.24, 2.45) is 0 Å². The number of hydrogen-bond donors (Lipinski definition) is 1. The quantitative estimate of drug-likeness (QED) is 0.894. The van der Waals surface area contributed by atoms with Crippen LogP contribution in [0.4, 0.5) is 11.4 Å². The molecule has 0 bridgehead atoms. The summed E-state index contributed by atoms with van der Waals surface area (Å²) in [6.07, 6.45) is 5.01. The van der Waals surface area contributed by atoms with Gasteiger partial charge in [0.05, 0.1) is 0 Å². The fraction of sp³-hybridized carbons (Fsp3) is 0.647. The number of fused-ring (bicyclic) bond motifs is 1. The van der Waals surface area contributed by atoms with Crippen molar-refractivity contribution in [1.29, 1.82) is 0 Å². The van der Waals surface area contributed by atoms with Gasteiger partial charge in [0.15, 0.2) is 0 Å².